The molecule has 0 amide bonds. The van der Waals surface area contributed by atoms with Crippen LogP contribution in [0, 0.1) is 5.92 Å². The number of unbranched alkanes of at least 4 members (excludes halogenated alkanes) is 9. The summed E-state index contributed by atoms with van der Waals surface area (Å²) in [4.78, 5) is 1.88. The molecule has 1 saturated heterocycles. The monoisotopic (exact) mass is 273 g/mol. The van der Waals surface area contributed by atoms with Crippen LogP contribution in [-0.2, 0) is 0 Å². The van der Waals surface area contributed by atoms with Crippen LogP contribution in [0.5, 0.6) is 0 Å². The molecule has 2 heteroatoms. The number of nitrogens with one attached hydrogen (secondary N) is 1. The second-order valence-corrected chi connectivity index (χ2v) is 6.53. The van der Waals surface area contributed by atoms with Gasteiger partial charge in [0.2, 0.25) is 0 Å². The molecule has 0 radical (unpaired) electrons. The highest BCUT2D eigenvalue weighted by molar-refractivity contribution is 4.55. The lowest BCUT2D eigenvalue weighted by atomic mass is 10.1. The van der Waals surface area contributed by atoms with Crippen molar-refractivity contribution < 1.29 is 9.60 Å². The SMILES string of the molecule is CCCCCCCCCCCC[NH+]1CCC(C)C1.[F-]. The van der Waals surface area contributed by atoms with Gasteiger partial charge in [-0.1, -0.05) is 65.2 Å². The summed E-state index contributed by atoms with van der Waals surface area (Å²) in [5.74, 6) is 0.989. The maximum atomic E-state index is 2.41. The molecule has 0 aromatic heterocycles. The van der Waals surface area contributed by atoms with Crippen LogP contribution in [0.4, 0.5) is 0 Å². The Labute approximate surface area is 120 Å². The van der Waals surface area contributed by atoms with E-state index >= 15 is 0 Å². The molecule has 1 heterocycles. The van der Waals surface area contributed by atoms with Crippen LogP contribution in [0.1, 0.15) is 84.5 Å². The second kappa shape index (κ2) is 12.9. The number of quaternary nitrogens is 1. The Morgan fingerprint density at radius 1 is 0.842 bits per heavy atom. The average Bonchev–Trinajstić information content (AvgIpc) is 2.77. The molecule has 2 atom stereocenters. The largest absolute Gasteiger partial charge is 1.00 e. The Morgan fingerprint density at radius 2 is 1.37 bits per heavy atom. The Bertz CT molecular complexity index is 184. The van der Waals surface area contributed by atoms with Gasteiger partial charge in [0, 0.05) is 12.3 Å². The predicted molar refractivity (Wildman–Crippen MR) is 81.2 cm³/mol. The lowest BCUT2D eigenvalue weighted by Crippen LogP contribution is -3.10. The Kier molecular flexibility index (Phi) is 12.8. The molecular formula is C17H36FN. The minimum absolute atomic E-state index is 0. The maximum Gasteiger partial charge on any atom is 0.0799 e. The fourth-order valence-corrected chi connectivity index (χ4v) is 3.24. The van der Waals surface area contributed by atoms with Crippen molar-refractivity contribution in [2.75, 3.05) is 19.6 Å². The van der Waals surface area contributed by atoms with E-state index in [1.54, 1.807) is 0 Å². The zero-order valence-electron chi connectivity index (χ0n) is 13.4. The zero-order valence-corrected chi connectivity index (χ0v) is 13.4. The molecule has 2 unspecified atom stereocenters. The molecule has 1 nitrogen and oxygen atoms in total. The van der Waals surface area contributed by atoms with Gasteiger partial charge < -0.3 is 9.60 Å². The highest BCUT2D eigenvalue weighted by atomic mass is 19.0. The van der Waals surface area contributed by atoms with Crippen molar-refractivity contribution in [1.29, 1.82) is 0 Å². The Morgan fingerprint density at radius 3 is 1.84 bits per heavy atom. The van der Waals surface area contributed by atoms with Crippen LogP contribution >= 0.6 is 0 Å². The van der Waals surface area contributed by atoms with Gasteiger partial charge in [-0.2, -0.15) is 0 Å². The number of likely N-dealkylation sites (tertiary alicyclic amines) is 1. The van der Waals surface area contributed by atoms with Gasteiger partial charge in [0.05, 0.1) is 19.6 Å². The Hall–Kier alpha value is -0.110. The normalized spacial score (nSPS) is 22.4. The highest BCUT2D eigenvalue weighted by Gasteiger charge is 2.21. The molecule has 0 aliphatic carbocycles. The first-order valence-electron chi connectivity index (χ1n) is 8.66. The molecule has 0 saturated carbocycles. The second-order valence-electron chi connectivity index (χ2n) is 6.53. The summed E-state index contributed by atoms with van der Waals surface area (Å²) in [6, 6.07) is 0. The summed E-state index contributed by atoms with van der Waals surface area (Å²) < 4.78 is 0. The maximum absolute atomic E-state index is 2.41. The third kappa shape index (κ3) is 10.4. The van der Waals surface area contributed by atoms with Gasteiger partial charge in [0.15, 0.2) is 0 Å². The van der Waals surface area contributed by atoms with E-state index in [0.717, 1.165) is 5.92 Å². The van der Waals surface area contributed by atoms with Gasteiger partial charge in [-0.15, -0.1) is 0 Å². The molecular weight excluding hydrogens is 237 g/mol. The Balaban J connectivity index is 0.00000324. The number of rotatable bonds is 11. The van der Waals surface area contributed by atoms with Crippen LogP contribution in [0.15, 0.2) is 0 Å². The molecule has 116 valence electrons. The van der Waals surface area contributed by atoms with Crippen LogP contribution in [-0.4, -0.2) is 19.6 Å². The van der Waals surface area contributed by atoms with Gasteiger partial charge in [0.25, 0.3) is 0 Å². The van der Waals surface area contributed by atoms with Gasteiger partial charge in [-0.3, -0.25) is 0 Å². The summed E-state index contributed by atoms with van der Waals surface area (Å²) in [6.45, 7) is 9.03. The van der Waals surface area contributed by atoms with Crippen molar-refractivity contribution in [3.63, 3.8) is 0 Å². The number of halogens is 1. The van der Waals surface area contributed by atoms with Crippen molar-refractivity contribution >= 4 is 0 Å². The lowest BCUT2D eigenvalue weighted by molar-refractivity contribution is -0.889. The standard InChI is InChI=1S/C17H35N.FH/c1-3-4-5-6-7-8-9-10-11-12-14-18-15-13-17(2)16-18;/h17H,3-16H2,1-2H3;1H. The molecule has 0 spiro atoms. The van der Waals surface area contributed by atoms with Crippen LogP contribution < -0.4 is 9.60 Å². The molecule has 1 fully saturated rings. The van der Waals surface area contributed by atoms with Crippen molar-refractivity contribution in [2.45, 2.75) is 84.5 Å². The summed E-state index contributed by atoms with van der Waals surface area (Å²) in [7, 11) is 0. The third-order valence-corrected chi connectivity index (χ3v) is 4.51. The summed E-state index contributed by atoms with van der Waals surface area (Å²) in [6.07, 6.45) is 16.1. The van der Waals surface area contributed by atoms with Gasteiger partial charge in [0.1, 0.15) is 0 Å². The molecule has 1 aliphatic rings. The van der Waals surface area contributed by atoms with Crippen LogP contribution in [0.25, 0.3) is 0 Å². The smallest absolute Gasteiger partial charge is 0.0799 e. The summed E-state index contributed by atoms with van der Waals surface area (Å²) >= 11 is 0. The van der Waals surface area contributed by atoms with E-state index in [4.69, 9.17) is 0 Å². The summed E-state index contributed by atoms with van der Waals surface area (Å²) in [5, 5.41) is 0. The molecule has 19 heavy (non-hydrogen) atoms. The zero-order chi connectivity index (χ0) is 13.1. The summed E-state index contributed by atoms with van der Waals surface area (Å²) in [5.41, 5.74) is 0. The average molecular weight is 273 g/mol. The fraction of sp³-hybridized carbons (Fsp3) is 1.00. The predicted octanol–water partition coefficient (Wildman–Crippen LogP) is 0.836. The molecule has 0 bridgehead atoms. The van der Waals surface area contributed by atoms with E-state index < -0.39 is 0 Å². The quantitative estimate of drug-likeness (QED) is 0.532. The minimum atomic E-state index is 0. The lowest BCUT2D eigenvalue weighted by Gasteiger charge is -2.12. The van der Waals surface area contributed by atoms with Gasteiger partial charge in [-0.25, -0.2) is 0 Å². The molecule has 1 aliphatic heterocycles. The van der Waals surface area contributed by atoms with Crippen molar-refractivity contribution in [1.82, 2.24) is 0 Å². The highest BCUT2D eigenvalue weighted by Crippen LogP contribution is 2.10. The first-order valence-corrected chi connectivity index (χ1v) is 8.66. The van der Waals surface area contributed by atoms with Crippen LogP contribution in [0.2, 0.25) is 0 Å². The van der Waals surface area contributed by atoms with E-state index in [9.17, 15) is 0 Å². The number of hydrogen-bond acceptors (Lipinski definition) is 0. The molecule has 0 aromatic carbocycles. The van der Waals surface area contributed by atoms with E-state index in [-0.39, 0.29) is 4.70 Å². The first kappa shape index (κ1) is 18.9. The van der Waals surface area contributed by atoms with E-state index in [0.29, 0.717) is 0 Å². The van der Waals surface area contributed by atoms with Gasteiger partial charge >= 0.3 is 0 Å². The van der Waals surface area contributed by atoms with Crippen LogP contribution in [0.3, 0.4) is 0 Å². The van der Waals surface area contributed by atoms with Crippen molar-refractivity contribution in [2.24, 2.45) is 5.92 Å². The molecule has 1 N–H and O–H groups in total. The van der Waals surface area contributed by atoms with Crippen molar-refractivity contribution in [3.05, 3.63) is 0 Å². The minimum Gasteiger partial charge on any atom is -1.00 e. The van der Waals surface area contributed by atoms with Gasteiger partial charge in [-0.05, 0) is 12.8 Å². The number of hydrogen-bond donors (Lipinski definition) is 1. The first-order chi connectivity index (χ1) is 8.83. The van der Waals surface area contributed by atoms with Crippen molar-refractivity contribution in [3.8, 4) is 0 Å². The fourth-order valence-electron chi connectivity index (χ4n) is 3.24. The van der Waals surface area contributed by atoms with E-state index in [2.05, 4.69) is 13.8 Å². The molecule has 1 rings (SSSR count). The van der Waals surface area contributed by atoms with E-state index in [1.165, 1.54) is 90.3 Å². The van der Waals surface area contributed by atoms with E-state index in [1.807, 2.05) is 4.90 Å². The topological polar surface area (TPSA) is 4.44 Å². The molecule has 0 aromatic rings. The third-order valence-electron chi connectivity index (χ3n) is 4.51.